The molecule has 6 rings (SSSR count). The SMILES string of the molecule is O=C1CCc2ccc(-c3ccc(-n4c(CC5CCN(C(=O)C6CC6)C5)n[nH]c4=O)c(F)c3)cc21. The largest absolute Gasteiger partial charge is 0.348 e. The van der Waals surface area contributed by atoms with Crippen LogP contribution in [0.15, 0.2) is 41.2 Å². The maximum atomic E-state index is 15.3. The van der Waals surface area contributed by atoms with Crippen molar-refractivity contribution in [3.05, 3.63) is 69.7 Å². The van der Waals surface area contributed by atoms with Gasteiger partial charge in [0.2, 0.25) is 5.91 Å². The molecule has 8 heteroatoms. The quantitative estimate of drug-likeness (QED) is 0.633. The van der Waals surface area contributed by atoms with Crippen LogP contribution in [0.2, 0.25) is 0 Å². The number of carbonyl (C=O) groups excluding carboxylic acids is 2. The van der Waals surface area contributed by atoms with Gasteiger partial charge < -0.3 is 4.90 Å². The molecule has 174 valence electrons. The molecule has 0 bridgehead atoms. The van der Waals surface area contributed by atoms with E-state index >= 15 is 4.39 Å². The molecule has 7 nitrogen and oxygen atoms in total. The van der Waals surface area contributed by atoms with Crippen molar-refractivity contribution in [2.45, 2.75) is 38.5 Å². The van der Waals surface area contributed by atoms with Crippen LogP contribution >= 0.6 is 0 Å². The number of hydrogen-bond donors (Lipinski definition) is 1. The number of aryl methyl sites for hydroxylation is 1. The van der Waals surface area contributed by atoms with Crippen molar-refractivity contribution < 1.29 is 14.0 Å². The fraction of sp³-hybridized carbons (Fsp3) is 0.385. The Balaban J connectivity index is 1.25. The van der Waals surface area contributed by atoms with Gasteiger partial charge in [0.25, 0.3) is 0 Å². The zero-order valence-electron chi connectivity index (χ0n) is 18.7. The van der Waals surface area contributed by atoms with Gasteiger partial charge in [0, 0.05) is 37.4 Å². The number of hydrogen-bond acceptors (Lipinski definition) is 4. The minimum atomic E-state index is -0.536. The van der Waals surface area contributed by atoms with Gasteiger partial charge in [-0.3, -0.25) is 9.59 Å². The number of benzene rings is 2. The molecule has 1 saturated heterocycles. The van der Waals surface area contributed by atoms with Crippen molar-refractivity contribution in [3.63, 3.8) is 0 Å². The molecule has 1 N–H and O–H groups in total. The maximum Gasteiger partial charge on any atom is 0.348 e. The van der Waals surface area contributed by atoms with Gasteiger partial charge in [-0.25, -0.2) is 18.9 Å². The smallest absolute Gasteiger partial charge is 0.342 e. The molecule has 34 heavy (non-hydrogen) atoms. The molecule has 3 aliphatic rings. The van der Waals surface area contributed by atoms with Crippen LogP contribution in [0.3, 0.4) is 0 Å². The molecule has 2 heterocycles. The normalized spacial score (nSPS) is 19.6. The van der Waals surface area contributed by atoms with E-state index in [1.54, 1.807) is 12.1 Å². The first kappa shape index (κ1) is 21.0. The number of aromatic nitrogens is 3. The summed E-state index contributed by atoms with van der Waals surface area (Å²) in [5.41, 5.74) is 2.80. The summed E-state index contributed by atoms with van der Waals surface area (Å²) in [6.45, 7) is 1.37. The number of ketones is 1. The predicted octanol–water partition coefficient (Wildman–Crippen LogP) is 3.30. The lowest BCUT2D eigenvalue weighted by Gasteiger charge is -2.16. The van der Waals surface area contributed by atoms with Gasteiger partial charge in [-0.15, -0.1) is 0 Å². The number of H-pyrrole nitrogens is 1. The molecule has 1 amide bonds. The summed E-state index contributed by atoms with van der Waals surface area (Å²) in [7, 11) is 0. The zero-order valence-corrected chi connectivity index (χ0v) is 18.7. The molecule has 1 aromatic heterocycles. The highest BCUT2D eigenvalue weighted by atomic mass is 19.1. The Bertz CT molecular complexity index is 1370. The van der Waals surface area contributed by atoms with Crippen LogP contribution in [-0.4, -0.2) is 44.4 Å². The second-order valence-electron chi connectivity index (χ2n) is 9.66. The van der Waals surface area contributed by atoms with Gasteiger partial charge in [0.15, 0.2) is 5.78 Å². The molecule has 2 aromatic carbocycles. The van der Waals surface area contributed by atoms with Crippen LogP contribution in [-0.2, 0) is 17.6 Å². The monoisotopic (exact) mass is 460 g/mol. The molecule has 3 aromatic rings. The summed E-state index contributed by atoms with van der Waals surface area (Å²) in [6.07, 6.45) is 4.57. The number of fused-ring (bicyclic) bond motifs is 1. The number of Topliss-reactive ketones (excluding diaryl/α,β-unsaturated/α-hetero) is 1. The number of carbonyl (C=O) groups is 2. The zero-order chi connectivity index (χ0) is 23.4. The average Bonchev–Trinajstić information content (AvgIpc) is 3.33. The van der Waals surface area contributed by atoms with E-state index in [4.69, 9.17) is 0 Å². The van der Waals surface area contributed by atoms with Crippen LogP contribution in [0.4, 0.5) is 4.39 Å². The second kappa shape index (κ2) is 8.04. The third kappa shape index (κ3) is 3.67. The number of likely N-dealkylation sites (tertiary alicyclic amines) is 1. The van der Waals surface area contributed by atoms with Crippen molar-refractivity contribution in [3.8, 4) is 16.8 Å². The standard InChI is InChI=1S/C26H25FN4O3/c27-21-13-19(18-4-1-16-6-8-23(32)20(16)12-18)5-7-22(21)31-24(28-29-26(31)34)11-15-9-10-30(14-15)25(33)17-2-3-17/h1,4-5,7,12-13,15,17H,2-3,6,8-11,14H2,(H,29,34). The summed E-state index contributed by atoms with van der Waals surface area (Å²) in [5.74, 6) is 0.655. The molecule has 0 radical (unpaired) electrons. The van der Waals surface area contributed by atoms with E-state index in [1.807, 2.05) is 23.1 Å². The topological polar surface area (TPSA) is 88.1 Å². The van der Waals surface area contributed by atoms with Gasteiger partial charge in [-0.05, 0) is 66.5 Å². The highest BCUT2D eigenvalue weighted by Gasteiger charge is 2.37. The number of rotatable bonds is 5. The molecule has 1 atom stereocenters. The van der Waals surface area contributed by atoms with Crippen molar-refractivity contribution in [1.82, 2.24) is 19.7 Å². The third-order valence-electron chi connectivity index (χ3n) is 7.29. The summed E-state index contributed by atoms with van der Waals surface area (Å²) in [5, 5.41) is 6.61. The Morgan fingerprint density at radius 2 is 1.85 bits per heavy atom. The second-order valence-corrected chi connectivity index (χ2v) is 9.66. The Morgan fingerprint density at radius 3 is 2.65 bits per heavy atom. The van der Waals surface area contributed by atoms with Gasteiger partial charge in [0.05, 0.1) is 5.69 Å². The number of aromatic amines is 1. The molecule has 2 aliphatic carbocycles. The molecule has 0 spiro atoms. The van der Waals surface area contributed by atoms with E-state index in [9.17, 15) is 14.4 Å². The fourth-order valence-electron chi connectivity index (χ4n) is 5.25. The summed E-state index contributed by atoms with van der Waals surface area (Å²) < 4.78 is 16.6. The van der Waals surface area contributed by atoms with E-state index in [0.717, 1.165) is 43.4 Å². The molecular formula is C26H25FN4O3. The van der Waals surface area contributed by atoms with E-state index in [1.165, 1.54) is 10.6 Å². The fourth-order valence-corrected chi connectivity index (χ4v) is 5.25. The Hall–Kier alpha value is -3.55. The van der Waals surface area contributed by atoms with Crippen LogP contribution < -0.4 is 5.69 Å². The van der Waals surface area contributed by atoms with Crippen LogP contribution in [0.25, 0.3) is 16.8 Å². The van der Waals surface area contributed by atoms with Crippen molar-refractivity contribution in [2.75, 3.05) is 13.1 Å². The van der Waals surface area contributed by atoms with Gasteiger partial charge in [-0.2, -0.15) is 5.10 Å². The Morgan fingerprint density at radius 1 is 1.06 bits per heavy atom. The Labute approximate surface area is 195 Å². The third-order valence-corrected chi connectivity index (χ3v) is 7.29. The van der Waals surface area contributed by atoms with Crippen LogP contribution in [0.1, 0.15) is 47.4 Å². The summed E-state index contributed by atoms with van der Waals surface area (Å²) in [4.78, 5) is 38.9. The average molecular weight is 461 g/mol. The summed E-state index contributed by atoms with van der Waals surface area (Å²) in [6, 6.07) is 10.4. The van der Waals surface area contributed by atoms with Gasteiger partial charge >= 0.3 is 5.69 Å². The number of amides is 1. The minimum Gasteiger partial charge on any atom is -0.342 e. The van der Waals surface area contributed by atoms with Crippen molar-refractivity contribution in [1.29, 1.82) is 0 Å². The lowest BCUT2D eigenvalue weighted by molar-refractivity contribution is -0.131. The number of halogens is 1. The molecule has 2 fully saturated rings. The van der Waals surface area contributed by atoms with Gasteiger partial charge in [-0.1, -0.05) is 18.2 Å². The van der Waals surface area contributed by atoms with Crippen molar-refractivity contribution in [2.24, 2.45) is 11.8 Å². The number of nitrogens with one attached hydrogen (secondary N) is 1. The summed E-state index contributed by atoms with van der Waals surface area (Å²) >= 11 is 0. The first-order chi connectivity index (χ1) is 16.5. The lowest BCUT2D eigenvalue weighted by Crippen LogP contribution is -2.30. The highest BCUT2D eigenvalue weighted by molar-refractivity contribution is 6.01. The van der Waals surface area contributed by atoms with E-state index in [-0.39, 0.29) is 29.2 Å². The predicted molar refractivity (Wildman–Crippen MR) is 123 cm³/mol. The highest BCUT2D eigenvalue weighted by Crippen LogP contribution is 2.34. The first-order valence-corrected chi connectivity index (χ1v) is 11.9. The van der Waals surface area contributed by atoms with E-state index < -0.39 is 11.5 Å². The van der Waals surface area contributed by atoms with Crippen LogP contribution in [0, 0.1) is 17.7 Å². The van der Waals surface area contributed by atoms with E-state index in [0.29, 0.717) is 36.3 Å². The van der Waals surface area contributed by atoms with E-state index in [2.05, 4.69) is 10.2 Å². The maximum absolute atomic E-state index is 15.3. The first-order valence-electron chi connectivity index (χ1n) is 11.9. The van der Waals surface area contributed by atoms with Crippen LogP contribution in [0.5, 0.6) is 0 Å². The molecule has 1 saturated carbocycles. The Kier molecular flexibility index (Phi) is 4.97. The lowest BCUT2D eigenvalue weighted by atomic mass is 10.00. The van der Waals surface area contributed by atoms with Crippen molar-refractivity contribution >= 4 is 11.7 Å². The van der Waals surface area contributed by atoms with Gasteiger partial charge in [0.1, 0.15) is 11.6 Å². The number of nitrogens with zero attached hydrogens (tertiary/aromatic N) is 3. The molecular weight excluding hydrogens is 435 g/mol. The molecule has 1 aliphatic heterocycles. The molecule has 1 unspecified atom stereocenters. The minimum absolute atomic E-state index is 0.118.